The number of nitriles is 1. The molecule has 0 unspecified atom stereocenters. The molecule has 0 aliphatic rings. The van der Waals surface area contributed by atoms with Crippen LogP contribution in [0.3, 0.4) is 0 Å². The lowest BCUT2D eigenvalue weighted by molar-refractivity contribution is -0.383. The van der Waals surface area contributed by atoms with Crippen molar-refractivity contribution in [2.24, 2.45) is 0 Å². The first kappa shape index (κ1) is 25.3. The smallest absolute Gasteiger partial charge is 0.294 e. The van der Waals surface area contributed by atoms with E-state index in [4.69, 9.17) is 51.1 Å². The number of benzene rings is 3. The molecule has 0 radical (unpaired) electrons. The topological polar surface area (TPSA) is 105 Å². The van der Waals surface area contributed by atoms with Crippen LogP contribution in [0.4, 0.5) is 11.4 Å². The Balaban J connectivity index is 1.82. The molecule has 0 saturated carbocycles. The van der Waals surface area contributed by atoms with E-state index in [2.05, 4.69) is 5.32 Å². The average Bonchev–Trinajstić information content (AvgIpc) is 2.79. The Kier molecular flexibility index (Phi) is 8.37. The molecular formula is C23H13Cl4N3O4. The van der Waals surface area contributed by atoms with Gasteiger partial charge in [-0.3, -0.25) is 14.9 Å². The van der Waals surface area contributed by atoms with E-state index in [1.807, 2.05) is 6.07 Å². The molecule has 3 aromatic carbocycles. The SMILES string of the molecule is N#CC(=Cc1cc(Cl)c(OCc2ccccc2Cl)c(Cl)c1)C(=O)Nc1ccc(Cl)cc1[N+](=O)[O-]. The first-order valence-corrected chi connectivity index (χ1v) is 10.9. The highest BCUT2D eigenvalue weighted by molar-refractivity contribution is 6.37. The molecule has 1 N–H and O–H groups in total. The van der Waals surface area contributed by atoms with Gasteiger partial charge >= 0.3 is 0 Å². The van der Waals surface area contributed by atoms with Crippen LogP contribution in [-0.4, -0.2) is 10.8 Å². The highest BCUT2D eigenvalue weighted by atomic mass is 35.5. The Bertz CT molecular complexity index is 1330. The van der Waals surface area contributed by atoms with Crippen molar-refractivity contribution in [3.63, 3.8) is 0 Å². The minimum atomic E-state index is -0.862. The summed E-state index contributed by atoms with van der Waals surface area (Å²) in [6, 6.07) is 15.6. The fraction of sp³-hybridized carbons (Fsp3) is 0.0435. The highest BCUT2D eigenvalue weighted by Crippen LogP contribution is 2.36. The monoisotopic (exact) mass is 535 g/mol. The Labute approximate surface area is 214 Å². The standard InChI is InChI=1S/C23H13Cl4N3O4/c24-16-5-6-20(21(10-16)30(32)33)29-23(31)15(11-28)7-13-8-18(26)22(19(27)9-13)34-12-14-3-1-2-4-17(14)25/h1-10H,12H2,(H,29,31). The fourth-order valence-electron chi connectivity index (χ4n) is 2.83. The number of anilines is 1. The van der Waals surface area contributed by atoms with Gasteiger partial charge in [0.15, 0.2) is 5.75 Å². The van der Waals surface area contributed by atoms with Gasteiger partial charge in [-0.25, -0.2) is 0 Å². The van der Waals surface area contributed by atoms with Gasteiger partial charge in [-0.2, -0.15) is 5.26 Å². The third-order valence-electron chi connectivity index (χ3n) is 4.43. The van der Waals surface area contributed by atoms with Crippen molar-refractivity contribution in [1.82, 2.24) is 0 Å². The molecule has 34 heavy (non-hydrogen) atoms. The number of hydrogen-bond donors (Lipinski definition) is 1. The molecule has 11 heteroatoms. The van der Waals surface area contributed by atoms with Crippen molar-refractivity contribution < 1.29 is 14.5 Å². The van der Waals surface area contributed by atoms with Crippen LogP contribution in [0.25, 0.3) is 6.08 Å². The van der Waals surface area contributed by atoms with E-state index in [0.717, 1.165) is 11.6 Å². The fourth-order valence-corrected chi connectivity index (χ4v) is 3.80. The van der Waals surface area contributed by atoms with Crippen LogP contribution in [0.2, 0.25) is 20.1 Å². The minimum Gasteiger partial charge on any atom is -0.486 e. The predicted molar refractivity (Wildman–Crippen MR) is 133 cm³/mol. The maximum atomic E-state index is 12.6. The zero-order valence-corrected chi connectivity index (χ0v) is 20.0. The average molecular weight is 537 g/mol. The molecular weight excluding hydrogens is 524 g/mol. The van der Waals surface area contributed by atoms with Gasteiger partial charge < -0.3 is 10.1 Å². The van der Waals surface area contributed by atoms with E-state index in [1.54, 1.807) is 24.3 Å². The highest BCUT2D eigenvalue weighted by Gasteiger charge is 2.19. The summed E-state index contributed by atoms with van der Waals surface area (Å²) in [6.07, 6.45) is 1.24. The summed E-state index contributed by atoms with van der Waals surface area (Å²) in [7, 11) is 0. The molecule has 1 amide bonds. The number of ether oxygens (including phenoxy) is 1. The van der Waals surface area contributed by atoms with E-state index < -0.39 is 16.5 Å². The molecule has 3 aromatic rings. The van der Waals surface area contributed by atoms with Crippen LogP contribution < -0.4 is 10.1 Å². The van der Waals surface area contributed by atoms with Gasteiger partial charge in [0.05, 0.1) is 15.0 Å². The van der Waals surface area contributed by atoms with Gasteiger partial charge in [-0.15, -0.1) is 0 Å². The van der Waals surface area contributed by atoms with Crippen LogP contribution in [0.15, 0.2) is 60.2 Å². The summed E-state index contributed by atoms with van der Waals surface area (Å²) in [4.78, 5) is 23.1. The molecule has 172 valence electrons. The van der Waals surface area contributed by atoms with E-state index >= 15 is 0 Å². The number of nitrogens with zero attached hydrogens (tertiary/aromatic N) is 2. The summed E-state index contributed by atoms with van der Waals surface area (Å²) in [5.41, 5.74) is 0.225. The number of amides is 1. The molecule has 0 saturated heterocycles. The minimum absolute atomic E-state index is 0.111. The van der Waals surface area contributed by atoms with Crippen molar-refractivity contribution in [2.45, 2.75) is 6.61 Å². The molecule has 0 heterocycles. The molecule has 3 rings (SSSR count). The van der Waals surface area contributed by atoms with E-state index in [-0.39, 0.29) is 38.7 Å². The first-order chi connectivity index (χ1) is 16.2. The van der Waals surface area contributed by atoms with Crippen LogP contribution in [0.1, 0.15) is 11.1 Å². The Morgan fingerprint density at radius 3 is 2.35 bits per heavy atom. The van der Waals surface area contributed by atoms with Gasteiger partial charge in [0.25, 0.3) is 11.6 Å². The molecule has 7 nitrogen and oxygen atoms in total. The second kappa shape index (κ2) is 11.2. The van der Waals surface area contributed by atoms with Crippen LogP contribution in [0.5, 0.6) is 5.75 Å². The lowest BCUT2D eigenvalue weighted by Crippen LogP contribution is -2.14. The number of nitro benzene ring substituents is 1. The molecule has 0 aromatic heterocycles. The van der Waals surface area contributed by atoms with Gasteiger partial charge in [0, 0.05) is 21.7 Å². The lowest BCUT2D eigenvalue weighted by Gasteiger charge is -2.12. The number of carbonyl (C=O) groups excluding carboxylic acids is 1. The lowest BCUT2D eigenvalue weighted by atomic mass is 10.1. The molecule has 0 aliphatic heterocycles. The number of rotatable bonds is 7. The predicted octanol–water partition coefficient (Wildman–Crippen LogP) is 7.33. The van der Waals surface area contributed by atoms with E-state index in [1.165, 1.54) is 30.3 Å². The summed E-state index contributed by atoms with van der Waals surface area (Å²) in [5, 5.41) is 24.0. The van der Waals surface area contributed by atoms with Gasteiger partial charge in [0.1, 0.15) is 23.9 Å². The zero-order valence-electron chi connectivity index (χ0n) is 17.0. The maximum Gasteiger partial charge on any atom is 0.294 e. The van der Waals surface area contributed by atoms with Crippen molar-refractivity contribution in [3.05, 3.63) is 102 Å². The summed E-state index contributed by atoms with van der Waals surface area (Å²) >= 11 is 24.5. The largest absolute Gasteiger partial charge is 0.486 e. The van der Waals surface area contributed by atoms with Gasteiger partial charge in [-0.05, 0) is 42.0 Å². The van der Waals surface area contributed by atoms with Crippen molar-refractivity contribution in [2.75, 3.05) is 5.32 Å². The Morgan fingerprint density at radius 1 is 1.06 bits per heavy atom. The Hall–Kier alpha value is -3.28. The molecule has 0 bridgehead atoms. The second-order valence-electron chi connectivity index (χ2n) is 6.74. The summed E-state index contributed by atoms with van der Waals surface area (Å²) < 4.78 is 5.70. The van der Waals surface area contributed by atoms with Crippen molar-refractivity contribution >= 4 is 69.8 Å². The van der Waals surface area contributed by atoms with Crippen LogP contribution >= 0.6 is 46.4 Å². The summed E-state index contributed by atoms with van der Waals surface area (Å²) in [6.45, 7) is 0.125. The maximum absolute atomic E-state index is 12.6. The normalized spacial score (nSPS) is 11.0. The number of carbonyl (C=O) groups is 1. The van der Waals surface area contributed by atoms with Crippen LogP contribution in [-0.2, 0) is 11.4 Å². The number of halogens is 4. The Morgan fingerprint density at radius 2 is 1.74 bits per heavy atom. The molecule has 0 aliphatic carbocycles. The van der Waals surface area contributed by atoms with Crippen LogP contribution in [0, 0.1) is 21.4 Å². The molecule has 0 atom stereocenters. The third-order valence-corrected chi connectivity index (χ3v) is 5.60. The second-order valence-corrected chi connectivity index (χ2v) is 8.39. The van der Waals surface area contributed by atoms with Gasteiger partial charge in [0.2, 0.25) is 0 Å². The number of hydrogen-bond acceptors (Lipinski definition) is 5. The van der Waals surface area contributed by atoms with Crippen molar-refractivity contribution in [3.8, 4) is 11.8 Å². The van der Waals surface area contributed by atoms with Gasteiger partial charge in [-0.1, -0.05) is 64.6 Å². The third kappa shape index (κ3) is 6.19. The van der Waals surface area contributed by atoms with E-state index in [0.29, 0.717) is 10.6 Å². The van der Waals surface area contributed by atoms with Crippen molar-refractivity contribution in [1.29, 1.82) is 5.26 Å². The molecule has 0 fully saturated rings. The number of nitro groups is 1. The molecule has 0 spiro atoms. The number of nitrogens with one attached hydrogen (secondary N) is 1. The summed E-state index contributed by atoms with van der Waals surface area (Å²) in [5.74, 6) is -0.653. The van der Waals surface area contributed by atoms with E-state index in [9.17, 15) is 20.2 Å². The zero-order chi connectivity index (χ0) is 24.8. The first-order valence-electron chi connectivity index (χ1n) is 9.42. The quantitative estimate of drug-likeness (QED) is 0.147.